The van der Waals surface area contributed by atoms with Gasteiger partial charge in [0.15, 0.2) is 0 Å². The summed E-state index contributed by atoms with van der Waals surface area (Å²) in [7, 11) is 0. The molecule has 3 fully saturated rings. The molecule has 0 radical (unpaired) electrons. The number of carbonyl (C=O) groups is 1. The summed E-state index contributed by atoms with van der Waals surface area (Å²) in [6.07, 6.45) is 14.8. The molecule has 2 heteroatoms. The average molecular weight is 345 g/mol. The maximum Gasteiger partial charge on any atom is 0.139 e. The van der Waals surface area contributed by atoms with Gasteiger partial charge in [-0.3, -0.25) is 4.79 Å². The Morgan fingerprint density at radius 3 is 2.80 bits per heavy atom. The molecule has 0 saturated heterocycles. The number of ketones is 1. The zero-order valence-corrected chi connectivity index (χ0v) is 16.5. The molecule has 0 aromatic rings. The fraction of sp³-hybridized carbons (Fsp3) is 0.870. The number of hydrogen-bond acceptors (Lipinski definition) is 2. The van der Waals surface area contributed by atoms with Crippen LogP contribution in [0.4, 0.5) is 0 Å². The maximum absolute atomic E-state index is 12.5. The van der Waals surface area contributed by atoms with E-state index in [1.54, 1.807) is 5.57 Å². The molecule has 0 heterocycles. The lowest BCUT2D eigenvalue weighted by molar-refractivity contribution is -0.127. The monoisotopic (exact) mass is 344 g/mol. The van der Waals surface area contributed by atoms with Gasteiger partial charge in [0, 0.05) is 18.4 Å². The quantitative estimate of drug-likeness (QED) is 0.483. The van der Waals surface area contributed by atoms with E-state index in [1.165, 1.54) is 44.9 Å². The molecular weight excluding hydrogens is 308 g/mol. The summed E-state index contributed by atoms with van der Waals surface area (Å²) in [5.74, 6) is 2.63. The Morgan fingerprint density at radius 2 is 2.00 bits per heavy atom. The minimum Gasteiger partial charge on any atom is -0.378 e. The second-order valence-electron chi connectivity index (χ2n) is 9.77. The van der Waals surface area contributed by atoms with Crippen LogP contribution in [0.25, 0.3) is 0 Å². The van der Waals surface area contributed by atoms with Gasteiger partial charge in [-0.05, 0) is 74.5 Å². The summed E-state index contributed by atoms with van der Waals surface area (Å²) in [6, 6.07) is 0. The number of carbonyl (C=O) groups excluding carboxylic acids is 1. The molecule has 0 spiro atoms. The van der Waals surface area contributed by atoms with E-state index < -0.39 is 0 Å². The minimum atomic E-state index is -0.0438. The molecule has 4 aliphatic rings. The van der Waals surface area contributed by atoms with Gasteiger partial charge in [-0.15, -0.1) is 0 Å². The summed E-state index contributed by atoms with van der Waals surface area (Å²) in [5, 5.41) is 0. The van der Waals surface area contributed by atoms with E-state index >= 15 is 0 Å². The van der Waals surface area contributed by atoms with Gasteiger partial charge in [0.2, 0.25) is 0 Å². The molecular formula is C23H36O2. The van der Waals surface area contributed by atoms with Gasteiger partial charge >= 0.3 is 0 Å². The lowest BCUT2D eigenvalue weighted by Gasteiger charge is -2.56. The van der Waals surface area contributed by atoms with Crippen molar-refractivity contribution in [3.05, 3.63) is 11.6 Å². The molecule has 2 nitrogen and oxygen atoms in total. The average Bonchev–Trinajstić information content (AvgIpc) is 2.90. The zero-order chi connectivity index (χ0) is 17.7. The Bertz CT molecular complexity index is 564. The predicted octanol–water partition coefficient (Wildman–Crippen LogP) is 5.70. The number of ether oxygens (including phenoxy) is 1. The molecule has 4 rings (SSSR count). The van der Waals surface area contributed by atoms with Gasteiger partial charge in [0.05, 0.1) is 6.10 Å². The first-order valence-corrected chi connectivity index (χ1v) is 10.8. The van der Waals surface area contributed by atoms with Crippen LogP contribution in [-0.2, 0) is 9.53 Å². The molecule has 0 N–H and O–H groups in total. The van der Waals surface area contributed by atoms with Crippen LogP contribution >= 0.6 is 0 Å². The van der Waals surface area contributed by atoms with E-state index in [0.29, 0.717) is 29.1 Å². The fourth-order valence-electron chi connectivity index (χ4n) is 6.81. The Balaban J connectivity index is 1.51. The zero-order valence-electron chi connectivity index (χ0n) is 16.5. The van der Waals surface area contributed by atoms with Crippen molar-refractivity contribution in [2.75, 3.05) is 6.61 Å². The Hall–Kier alpha value is -0.630. The lowest BCUT2D eigenvalue weighted by Crippen LogP contribution is -2.48. The van der Waals surface area contributed by atoms with Crippen LogP contribution in [0, 0.1) is 28.6 Å². The standard InChI is InChI=1S/C23H36O2/c1-4-5-14-25-17-10-12-22(2)16(15-17)6-7-18-19-8-9-21(24)23(19,3)13-11-20(18)22/h11,16-19H,4-10,12-15H2,1-3H3. The molecule has 0 aromatic carbocycles. The van der Waals surface area contributed by atoms with Crippen LogP contribution in [0.3, 0.4) is 0 Å². The van der Waals surface area contributed by atoms with E-state index in [2.05, 4.69) is 26.8 Å². The first kappa shape index (κ1) is 17.8. The number of hydrogen-bond donors (Lipinski definition) is 0. The number of fused-ring (bicyclic) bond motifs is 5. The topological polar surface area (TPSA) is 26.3 Å². The molecule has 6 unspecified atom stereocenters. The van der Waals surface area contributed by atoms with Gasteiger partial charge < -0.3 is 4.74 Å². The molecule has 0 amide bonds. The van der Waals surface area contributed by atoms with Crippen molar-refractivity contribution in [2.24, 2.45) is 28.6 Å². The number of allylic oxidation sites excluding steroid dienone is 2. The van der Waals surface area contributed by atoms with Gasteiger partial charge in [-0.25, -0.2) is 0 Å². The maximum atomic E-state index is 12.5. The van der Waals surface area contributed by atoms with Crippen molar-refractivity contribution in [2.45, 2.75) is 91.1 Å². The van der Waals surface area contributed by atoms with Crippen LogP contribution < -0.4 is 0 Å². The van der Waals surface area contributed by atoms with E-state index in [4.69, 9.17) is 4.74 Å². The molecule has 0 aliphatic heterocycles. The Morgan fingerprint density at radius 1 is 1.16 bits per heavy atom. The van der Waals surface area contributed by atoms with Gasteiger partial charge in [0.1, 0.15) is 5.78 Å². The molecule has 3 saturated carbocycles. The highest BCUT2D eigenvalue weighted by Crippen LogP contribution is 2.63. The van der Waals surface area contributed by atoms with Gasteiger partial charge in [0.25, 0.3) is 0 Å². The highest BCUT2D eigenvalue weighted by Gasteiger charge is 2.57. The van der Waals surface area contributed by atoms with Crippen molar-refractivity contribution in [1.82, 2.24) is 0 Å². The molecule has 0 aromatic heterocycles. The minimum absolute atomic E-state index is 0.0438. The third-order valence-electron chi connectivity index (χ3n) is 8.54. The van der Waals surface area contributed by atoms with E-state index in [9.17, 15) is 4.79 Å². The molecule has 140 valence electrons. The molecule has 0 bridgehead atoms. The third kappa shape index (κ3) is 2.74. The van der Waals surface area contributed by atoms with Crippen LogP contribution in [0.2, 0.25) is 0 Å². The fourth-order valence-corrected chi connectivity index (χ4v) is 6.81. The highest BCUT2D eigenvalue weighted by molar-refractivity contribution is 5.87. The SMILES string of the molecule is CCCCOC1CCC2(C)C3=CCC4(C)C(=O)CCC4C3CCC2C1. The summed E-state index contributed by atoms with van der Waals surface area (Å²) >= 11 is 0. The number of rotatable bonds is 4. The Labute approximate surface area is 153 Å². The van der Waals surface area contributed by atoms with Crippen molar-refractivity contribution in [3.63, 3.8) is 0 Å². The summed E-state index contributed by atoms with van der Waals surface area (Å²) in [4.78, 5) is 12.5. The van der Waals surface area contributed by atoms with Crippen LogP contribution in [0.1, 0.15) is 85.0 Å². The normalized spacial score (nSPS) is 46.2. The van der Waals surface area contributed by atoms with Crippen LogP contribution in [0.5, 0.6) is 0 Å². The second-order valence-corrected chi connectivity index (χ2v) is 9.77. The van der Waals surface area contributed by atoms with Crippen molar-refractivity contribution in [3.8, 4) is 0 Å². The van der Waals surface area contributed by atoms with Gasteiger partial charge in [-0.1, -0.05) is 38.8 Å². The molecule has 6 atom stereocenters. The van der Waals surface area contributed by atoms with Crippen LogP contribution in [0.15, 0.2) is 11.6 Å². The van der Waals surface area contributed by atoms with E-state index in [0.717, 1.165) is 31.8 Å². The smallest absolute Gasteiger partial charge is 0.139 e. The number of Topliss-reactive ketones (excluding diaryl/α,β-unsaturated/α-hetero) is 1. The molecule has 25 heavy (non-hydrogen) atoms. The van der Waals surface area contributed by atoms with Crippen LogP contribution in [-0.4, -0.2) is 18.5 Å². The summed E-state index contributed by atoms with van der Waals surface area (Å²) < 4.78 is 6.19. The largest absolute Gasteiger partial charge is 0.378 e. The Kier molecular flexibility index (Phi) is 4.63. The highest BCUT2D eigenvalue weighted by atomic mass is 16.5. The molecule has 4 aliphatic carbocycles. The third-order valence-corrected chi connectivity index (χ3v) is 8.54. The van der Waals surface area contributed by atoms with Crippen molar-refractivity contribution < 1.29 is 9.53 Å². The first-order chi connectivity index (χ1) is 12.0. The van der Waals surface area contributed by atoms with E-state index in [1.807, 2.05) is 0 Å². The number of unbranched alkanes of at least 4 members (excludes halogenated alkanes) is 1. The lowest BCUT2D eigenvalue weighted by atomic mass is 9.49. The van der Waals surface area contributed by atoms with Crippen molar-refractivity contribution >= 4 is 5.78 Å². The predicted molar refractivity (Wildman–Crippen MR) is 101 cm³/mol. The van der Waals surface area contributed by atoms with Crippen molar-refractivity contribution in [1.29, 1.82) is 0 Å². The summed E-state index contributed by atoms with van der Waals surface area (Å²) in [5.41, 5.74) is 2.08. The first-order valence-electron chi connectivity index (χ1n) is 10.8. The van der Waals surface area contributed by atoms with Gasteiger partial charge in [-0.2, -0.15) is 0 Å². The summed E-state index contributed by atoms with van der Waals surface area (Å²) in [6.45, 7) is 7.97. The van der Waals surface area contributed by atoms with E-state index in [-0.39, 0.29) is 5.41 Å². The second kappa shape index (κ2) is 6.51.